The second-order valence-electron chi connectivity index (χ2n) is 10.7. The highest BCUT2D eigenvalue weighted by molar-refractivity contribution is 5.91. The Labute approximate surface area is 223 Å². The van der Waals surface area contributed by atoms with Crippen LogP contribution < -0.4 is 0 Å². The molecule has 4 aromatic carbocycles. The van der Waals surface area contributed by atoms with Crippen LogP contribution in [0.15, 0.2) is 84.9 Å². The van der Waals surface area contributed by atoms with Crippen molar-refractivity contribution in [3.8, 4) is 0 Å². The highest BCUT2D eigenvalue weighted by Crippen LogP contribution is 2.54. The number of carbonyl (C=O) groups is 2. The number of carbonyl (C=O) groups excluding carboxylic acids is 2. The molecule has 4 heteroatoms. The highest BCUT2D eigenvalue weighted by Gasteiger charge is 2.53. The lowest BCUT2D eigenvalue weighted by molar-refractivity contribution is -0.0557. The van der Waals surface area contributed by atoms with E-state index >= 15 is 0 Å². The zero-order chi connectivity index (χ0) is 26.6. The van der Waals surface area contributed by atoms with E-state index in [0.717, 1.165) is 44.5 Å². The molecule has 0 aromatic heterocycles. The molecule has 0 N–H and O–H groups in total. The Bertz CT molecular complexity index is 1380. The van der Waals surface area contributed by atoms with E-state index in [0.29, 0.717) is 11.1 Å². The fraction of sp³-hybridized carbons (Fsp3) is 0.235. The molecule has 4 aromatic rings. The van der Waals surface area contributed by atoms with Gasteiger partial charge in [-0.15, -0.1) is 0 Å². The number of aryl methyl sites for hydroxylation is 4. The van der Waals surface area contributed by atoms with E-state index in [1.165, 1.54) is 0 Å². The van der Waals surface area contributed by atoms with Crippen molar-refractivity contribution in [1.29, 1.82) is 0 Å². The molecule has 4 nitrogen and oxygen atoms in total. The van der Waals surface area contributed by atoms with Crippen LogP contribution in [0, 0.1) is 27.7 Å². The summed E-state index contributed by atoms with van der Waals surface area (Å²) in [7, 11) is 0. The van der Waals surface area contributed by atoms with Crippen LogP contribution in [-0.2, 0) is 9.47 Å². The zero-order valence-corrected chi connectivity index (χ0v) is 22.0. The van der Waals surface area contributed by atoms with E-state index in [4.69, 9.17) is 9.47 Å². The van der Waals surface area contributed by atoms with E-state index in [-0.39, 0.29) is 11.8 Å². The van der Waals surface area contributed by atoms with Gasteiger partial charge in [0.1, 0.15) is 0 Å². The Morgan fingerprint density at radius 3 is 1.08 bits per heavy atom. The second kappa shape index (κ2) is 9.29. The molecule has 3 aliphatic carbocycles. The van der Waals surface area contributed by atoms with Crippen molar-refractivity contribution in [1.82, 2.24) is 0 Å². The summed E-state index contributed by atoms with van der Waals surface area (Å²) in [5.74, 6) is -1.29. The molecule has 0 saturated heterocycles. The van der Waals surface area contributed by atoms with Crippen molar-refractivity contribution < 1.29 is 19.1 Å². The minimum atomic E-state index is -0.659. The molecule has 0 aliphatic heterocycles. The van der Waals surface area contributed by atoms with Crippen molar-refractivity contribution >= 4 is 11.9 Å². The quantitative estimate of drug-likeness (QED) is 0.283. The lowest BCUT2D eigenvalue weighted by atomic mass is 9.61. The predicted octanol–water partition coefficient (Wildman–Crippen LogP) is 6.96. The number of esters is 2. The van der Waals surface area contributed by atoms with Gasteiger partial charge in [-0.1, -0.05) is 82.9 Å². The van der Waals surface area contributed by atoms with E-state index in [1.807, 2.05) is 88.4 Å². The number of ether oxygens (including phenoxy) is 2. The summed E-state index contributed by atoms with van der Waals surface area (Å²) in [5.41, 5.74) is 9.47. The maximum absolute atomic E-state index is 13.5. The summed E-state index contributed by atoms with van der Waals surface area (Å²) in [6.45, 7) is 7.86. The van der Waals surface area contributed by atoms with Gasteiger partial charge < -0.3 is 9.47 Å². The van der Waals surface area contributed by atoms with Crippen LogP contribution in [0.25, 0.3) is 0 Å². The maximum Gasteiger partial charge on any atom is 0.338 e. The van der Waals surface area contributed by atoms with Gasteiger partial charge >= 0.3 is 11.9 Å². The van der Waals surface area contributed by atoms with Crippen LogP contribution in [0.2, 0.25) is 0 Å². The smallest absolute Gasteiger partial charge is 0.338 e. The first-order chi connectivity index (χ1) is 18.3. The number of benzene rings is 4. The average Bonchev–Trinajstić information content (AvgIpc) is 2.88. The number of hydrogen-bond acceptors (Lipinski definition) is 4. The molecule has 0 radical (unpaired) electrons. The van der Waals surface area contributed by atoms with Gasteiger partial charge in [-0.3, -0.25) is 0 Å². The Hall–Kier alpha value is -4.18. The van der Waals surface area contributed by atoms with E-state index in [2.05, 4.69) is 24.3 Å². The van der Waals surface area contributed by atoms with Crippen LogP contribution in [0.3, 0.4) is 0 Å². The van der Waals surface area contributed by atoms with Crippen molar-refractivity contribution in [3.05, 3.63) is 141 Å². The molecule has 2 atom stereocenters. The molecule has 0 saturated carbocycles. The van der Waals surface area contributed by atoms with Crippen molar-refractivity contribution in [2.24, 2.45) is 0 Å². The molecule has 3 aliphatic rings. The first-order valence-corrected chi connectivity index (χ1v) is 13.1. The summed E-state index contributed by atoms with van der Waals surface area (Å²) in [6, 6.07) is 27.9. The normalized spacial score (nSPS) is 20.8. The summed E-state index contributed by atoms with van der Waals surface area (Å²) in [4.78, 5) is 27.1. The second-order valence-corrected chi connectivity index (χ2v) is 10.7. The van der Waals surface area contributed by atoms with Gasteiger partial charge in [0.25, 0.3) is 0 Å². The molecule has 2 unspecified atom stereocenters. The molecular weight excluding hydrogens is 472 g/mol. The molecule has 38 heavy (non-hydrogen) atoms. The maximum atomic E-state index is 13.5. The van der Waals surface area contributed by atoms with Crippen LogP contribution in [0.5, 0.6) is 0 Å². The highest BCUT2D eigenvalue weighted by atomic mass is 16.6. The zero-order valence-electron chi connectivity index (χ0n) is 22.0. The van der Waals surface area contributed by atoms with Gasteiger partial charge in [-0.05, 0) is 74.2 Å². The molecule has 190 valence electrons. The molecule has 7 rings (SSSR count). The van der Waals surface area contributed by atoms with Crippen molar-refractivity contribution in [2.75, 3.05) is 0 Å². The number of fused-ring (bicyclic) bond motifs is 1. The van der Waals surface area contributed by atoms with Crippen molar-refractivity contribution in [3.63, 3.8) is 0 Å². The monoisotopic (exact) mass is 502 g/mol. The predicted molar refractivity (Wildman–Crippen MR) is 147 cm³/mol. The third-order valence-electron chi connectivity index (χ3n) is 7.71. The van der Waals surface area contributed by atoms with E-state index < -0.39 is 24.1 Å². The van der Waals surface area contributed by atoms with Crippen LogP contribution in [0.4, 0.5) is 0 Å². The SMILES string of the molecule is Cc1cc(C)cc(C(=O)OC2C(OC(=O)c3cc(C)cc(C)c3)[C@H]3c4ccccc4[C@H]2c2ccccc23)c1. The van der Waals surface area contributed by atoms with E-state index in [9.17, 15) is 9.59 Å². The number of hydrogen-bond donors (Lipinski definition) is 0. The molecule has 2 bridgehead atoms. The Kier molecular flexibility index (Phi) is 5.91. The van der Waals surface area contributed by atoms with Gasteiger partial charge in [-0.2, -0.15) is 0 Å². The summed E-state index contributed by atoms with van der Waals surface area (Å²) >= 11 is 0. The average molecular weight is 503 g/mol. The third-order valence-corrected chi connectivity index (χ3v) is 7.71. The topological polar surface area (TPSA) is 52.6 Å². The van der Waals surface area contributed by atoms with Crippen LogP contribution in [0.1, 0.15) is 77.1 Å². The lowest BCUT2D eigenvalue weighted by Crippen LogP contribution is -2.51. The van der Waals surface area contributed by atoms with Gasteiger partial charge in [0.2, 0.25) is 0 Å². The standard InChI is InChI=1S/C34H30O4/c1-19-13-20(2)16-23(15-19)33(35)37-31-29-25-9-5-7-11-27(25)30(28-12-8-6-10-26(28)29)32(31)38-34(36)24-17-21(3)14-22(4)18-24/h5-18,29-32H,1-4H3/t29-,30-,31?,32?. The molecule has 0 heterocycles. The van der Waals surface area contributed by atoms with Crippen LogP contribution in [-0.4, -0.2) is 24.1 Å². The molecule has 0 fully saturated rings. The number of rotatable bonds is 4. The fourth-order valence-electron chi connectivity index (χ4n) is 6.42. The lowest BCUT2D eigenvalue weighted by Gasteiger charge is -2.49. The summed E-state index contributed by atoms with van der Waals surface area (Å²) < 4.78 is 12.6. The van der Waals surface area contributed by atoms with Gasteiger partial charge in [0.15, 0.2) is 12.2 Å². The van der Waals surface area contributed by atoms with Gasteiger partial charge in [0, 0.05) is 0 Å². The minimum absolute atomic E-state index is 0.237. The first kappa shape index (κ1) is 24.2. The Morgan fingerprint density at radius 1 is 0.500 bits per heavy atom. The molecule has 0 spiro atoms. The Balaban J connectivity index is 1.45. The molecular formula is C34H30O4. The summed E-state index contributed by atoms with van der Waals surface area (Å²) in [5, 5.41) is 0. The Morgan fingerprint density at radius 2 is 0.789 bits per heavy atom. The van der Waals surface area contributed by atoms with E-state index in [1.54, 1.807) is 0 Å². The van der Waals surface area contributed by atoms with Crippen LogP contribution >= 0.6 is 0 Å². The fourth-order valence-corrected chi connectivity index (χ4v) is 6.42. The van der Waals surface area contributed by atoms with Gasteiger partial charge in [0.05, 0.1) is 23.0 Å². The molecule has 0 amide bonds. The third kappa shape index (κ3) is 4.10. The van der Waals surface area contributed by atoms with Gasteiger partial charge in [-0.25, -0.2) is 9.59 Å². The minimum Gasteiger partial charge on any atom is -0.454 e. The largest absolute Gasteiger partial charge is 0.454 e. The summed E-state index contributed by atoms with van der Waals surface area (Å²) in [6.07, 6.45) is -1.32. The first-order valence-electron chi connectivity index (χ1n) is 13.1. The van der Waals surface area contributed by atoms with Crippen molar-refractivity contribution in [2.45, 2.75) is 51.7 Å².